The number of carbonyl (C=O) groups is 1. The van der Waals surface area contributed by atoms with Gasteiger partial charge in [0, 0.05) is 34.8 Å². The first-order chi connectivity index (χ1) is 17.7. The number of thiazole rings is 1. The fourth-order valence-corrected chi connectivity index (χ4v) is 4.58. The number of benzene rings is 3. The third kappa shape index (κ3) is 5.31. The monoisotopic (exact) mass is 492 g/mol. The van der Waals surface area contributed by atoms with E-state index in [4.69, 9.17) is 9.72 Å². The number of aromatic nitrogens is 3. The van der Waals surface area contributed by atoms with E-state index in [2.05, 4.69) is 44.9 Å². The average molecular weight is 493 g/mol. The number of nitrogens with one attached hydrogen (secondary N) is 1. The number of hydrogen-bond acceptors (Lipinski definition) is 7. The highest BCUT2D eigenvalue weighted by Crippen LogP contribution is 2.29. The van der Waals surface area contributed by atoms with Gasteiger partial charge in [-0.1, -0.05) is 78.9 Å². The zero-order chi connectivity index (χ0) is 24.7. The van der Waals surface area contributed by atoms with Crippen molar-refractivity contribution in [1.82, 2.24) is 15.0 Å². The van der Waals surface area contributed by atoms with Gasteiger partial charge in [0.05, 0.1) is 12.3 Å². The fraction of sp³-hybridized carbons (Fsp3) is 0.103. The lowest BCUT2D eigenvalue weighted by Gasteiger charge is -2.12. The minimum Gasteiger partial charge on any atom is -0.462 e. The maximum absolute atomic E-state index is 12.5. The van der Waals surface area contributed by atoms with Crippen molar-refractivity contribution in [3.63, 3.8) is 0 Å². The lowest BCUT2D eigenvalue weighted by molar-refractivity contribution is 0.0526. The zero-order valence-electron chi connectivity index (χ0n) is 19.7. The number of ether oxygens (including phenoxy) is 1. The summed E-state index contributed by atoms with van der Waals surface area (Å²) in [5.74, 6) is 0.522. The minimum absolute atomic E-state index is 0.277. The van der Waals surface area contributed by atoms with Gasteiger partial charge in [0.15, 0.2) is 5.82 Å². The van der Waals surface area contributed by atoms with Gasteiger partial charge in [0.25, 0.3) is 0 Å². The lowest BCUT2D eigenvalue weighted by atomic mass is 10.1. The van der Waals surface area contributed by atoms with Crippen LogP contribution in [0, 0.1) is 0 Å². The Morgan fingerprint density at radius 3 is 2.36 bits per heavy atom. The standard InChI is InChI=1S/C29H24N4O2S/c1-2-35-29(34)24-18-31-26(22-13-7-4-8-14-22)33-27(24)30-17-20-10-9-15-23(16-20)28-32-25(19-36-28)21-11-5-3-6-12-21/h3-16,18-19H,2,17H2,1H3,(H,30,31,33). The fourth-order valence-electron chi connectivity index (χ4n) is 3.75. The van der Waals surface area contributed by atoms with E-state index in [-0.39, 0.29) is 6.61 Å². The van der Waals surface area contributed by atoms with Crippen molar-refractivity contribution in [2.75, 3.05) is 11.9 Å². The van der Waals surface area contributed by atoms with Gasteiger partial charge in [-0.15, -0.1) is 11.3 Å². The van der Waals surface area contributed by atoms with E-state index < -0.39 is 5.97 Å². The maximum atomic E-state index is 12.5. The summed E-state index contributed by atoms with van der Waals surface area (Å²) in [6.07, 6.45) is 1.52. The molecule has 178 valence electrons. The molecule has 0 saturated carbocycles. The molecule has 0 radical (unpaired) electrons. The number of nitrogens with zero attached hydrogens (tertiary/aromatic N) is 3. The Morgan fingerprint density at radius 2 is 1.61 bits per heavy atom. The van der Waals surface area contributed by atoms with E-state index in [1.54, 1.807) is 18.3 Å². The summed E-state index contributed by atoms with van der Waals surface area (Å²) in [5.41, 5.74) is 5.32. The van der Waals surface area contributed by atoms with Gasteiger partial charge in [-0.2, -0.15) is 0 Å². The van der Waals surface area contributed by atoms with E-state index in [1.807, 2.05) is 60.7 Å². The quantitative estimate of drug-likeness (QED) is 0.242. The minimum atomic E-state index is -0.454. The Hall–Kier alpha value is -4.36. The lowest BCUT2D eigenvalue weighted by Crippen LogP contribution is -2.13. The van der Waals surface area contributed by atoms with Crippen LogP contribution >= 0.6 is 11.3 Å². The molecule has 2 aromatic heterocycles. The molecule has 0 atom stereocenters. The molecule has 5 rings (SSSR count). The van der Waals surface area contributed by atoms with E-state index in [1.165, 1.54) is 6.20 Å². The molecule has 5 aromatic rings. The summed E-state index contributed by atoms with van der Waals surface area (Å²) in [4.78, 5) is 26.4. The number of rotatable bonds is 8. The van der Waals surface area contributed by atoms with Gasteiger partial charge in [-0.05, 0) is 18.6 Å². The van der Waals surface area contributed by atoms with Gasteiger partial charge in [-0.25, -0.2) is 19.7 Å². The van der Waals surface area contributed by atoms with Crippen molar-refractivity contribution in [3.05, 3.63) is 108 Å². The van der Waals surface area contributed by atoms with Gasteiger partial charge in [-0.3, -0.25) is 0 Å². The molecule has 36 heavy (non-hydrogen) atoms. The molecule has 1 N–H and O–H groups in total. The molecule has 0 bridgehead atoms. The van der Waals surface area contributed by atoms with Gasteiger partial charge in [0.2, 0.25) is 0 Å². The summed E-state index contributed by atoms with van der Waals surface area (Å²) in [6, 6.07) is 28.0. The van der Waals surface area contributed by atoms with Crippen LogP contribution in [-0.4, -0.2) is 27.5 Å². The Kier molecular flexibility index (Phi) is 7.10. The third-order valence-electron chi connectivity index (χ3n) is 5.52. The SMILES string of the molecule is CCOC(=O)c1cnc(-c2ccccc2)nc1NCc1cccc(-c2nc(-c3ccccc3)cs2)c1. The van der Waals surface area contributed by atoms with Crippen molar-refractivity contribution in [2.45, 2.75) is 13.5 Å². The van der Waals surface area contributed by atoms with E-state index >= 15 is 0 Å². The summed E-state index contributed by atoms with van der Waals surface area (Å²) < 4.78 is 5.22. The summed E-state index contributed by atoms with van der Waals surface area (Å²) in [5, 5.41) is 6.35. The van der Waals surface area contributed by atoms with Crippen LogP contribution in [0.3, 0.4) is 0 Å². The Morgan fingerprint density at radius 1 is 0.889 bits per heavy atom. The number of carbonyl (C=O) groups excluding carboxylic acids is 1. The topological polar surface area (TPSA) is 77.0 Å². The highest BCUT2D eigenvalue weighted by atomic mass is 32.1. The van der Waals surface area contributed by atoms with Crippen LogP contribution in [0.5, 0.6) is 0 Å². The molecule has 6 nitrogen and oxygen atoms in total. The average Bonchev–Trinajstić information content (AvgIpc) is 3.44. The van der Waals surface area contributed by atoms with Crippen molar-refractivity contribution in [3.8, 4) is 33.2 Å². The van der Waals surface area contributed by atoms with Crippen LogP contribution in [0.15, 0.2) is 96.5 Å². The second-order valence-corrected chi connectivity index (χ2v) is 8.86. The van der Waals surface area contributed by atoms with Crippen molar-refractivity contribution < 1.29 is 9.53 Å². The first kappa shape index (κ1) is 23.4. The molecule has 0 unspecified atom stereocenters. The predicted molar refractivity (Wildman–Crippen MR) is 144 cm³/mol. The second-order valence-electron chi connectivity index (χ2n) is 8.00. The third-order valence-corrected chi connectivity index (χ3v) is 6.42. The molecule has 0 aliphatic carbocycles. The van der Waals surface area contributed by atoms with Crippen LogP contribution in [0.1, 0.15) is 22.8 Å². The van der Waals surface area contributed by atoms with Crippen LogP contribution in [0.4, 0.5) is 5.82 Å². The van der Waals surface area contributed by atoms with Crippen LogP contribution in [0.25, 0.3) is 33.2 Å². The molecular formula is C29H24N4O2S. The van der Waals surface area contributed by atoms with Gasteiger partial charge in [0.1, 0.15) is 16.4 Å². The largest absolute Gasteiger partial charge is 0.462 e. The molecular weight excluding hydrogens is 468 g/mol. The number of anilines is 1. The second kappa shape index (κ2) is 10.9. The molecule has 0 aliphatic heterocycles. The Balaban J connectivity index is 1.39. The van der Waals surface area contributed by atoms with E-state index in [9.17, 15) is 4.79 Å². The molecule has 0 amide bonds. The first-order valence-electron chi connectivity index (χ1n) is 11.6. The molecule has 3 aromatic carbocycles. The van der Waals surface area contributed by atoms with Crippen molar-refractivity contribution in [2.24, 2.45) is 0 Å². The van der Waals surface area contributed by atoms with E-state index in [0.29, 0.717) is 23.8 Å². The van der Waals surface area contributed by atoms with Crippen LogP contribution < -0.4 is 5.32 Å². The zero-order valence-corrected chi connectivity index (χ0v) is 20.5. The molecule has 7 heteroatoms. The van der Waals surface area contributed by atoms with Crippen molar-refractivity contribution >= 4 is 23.1 Å². The smallest absolute Gasteiger partial charge is 0.343 e. The molecule has 2 heterocycles. The summed E-state index contributed by atoms with van der Waals surface area (Å²) >= 11 is 1.62. The van der Waals surface area contributed by atoms with E-state index in [0.717, 1.165) is 33.0 Å². The van der Waals surface area contributed by atoms with Crippen LogP contribution in [0.2, 0.25) is 0 Å². The normalized spacial score (nSPS) is 10.7. The first-order valence-corrected chi connectivity index (χ1v) is 12.5. The molecule has 0 fully saturated rings. The highest BCUT2D eigenvalue weighted by Gasteiger charge is 2.17. The van der Waals surface area contributed by atoms with Gasteiger partial charge < -0.3 is 10.1 Å². The maximum Gasteiger partial charge on any atom is 0.343 e. The molecule has 0 saturated heterocycles. The van der Waals surface area contributed by atoms with Gasteiger partial charge >= 0.3 is 5.97 Å². The number of hydrogen-bond donors (Lipinski definition) is 1. The Bertz CT molecular complexity index is 1470. The molecule has 0 aliphatic rings. The Labute approximate surface area is 213 Å². The van der Waals surface area contributed by atoms with Crippen LogP contribution in [-0.2, 0) is 11.3 Å². The van der Waals surface area contributed by atoms with Crippen molar-refractivity contribution in [1.29, 1.82) is 0 Å². The summed E-state index contributed by atoms with van der Waals surface area (Å²) in [7, 11) is 0. The highest BCUT2D eigenvalue weighted by molar-refractivity contribution is 7.13. The summed E-state index contributed by atoms with van der Waals surface area (Å²) in [6.45, 7) is 2.53. The predicted octanol–water partition coefficient (Wildman–Crippen LogP) is 6.72. The number of esters is 1. The molecule has 0 spiro atoms.